The molecule has 2 rings (SSSR count). The van der Waals surface area contributed by atoms with Gasteiger partial charge in [-0.3, -0.25) is 0 Å². The van der Waals surface area contributed by atoms with Crippen LogP contribution in [-0.4, -0.2) is 23.9 Å². The van der Waals surface area contributed by atoms with E-state index in [1.54, 1.807) is 0 Å². The predicted octanol–water partition coefficient (Wildman–Crippen LogP) is 3.21. The van der Waals surface area contributed by atoms with Gasteiger partial charge in [-0.2, -0.15) is 0 Å². The number of rotatable bonds is 6. The lowest BCUT2D eigenvalue weighted by Gasteiger charge is -2.27. The van der Waals surface area contributed by atoms with Crippen LogP contribution in [0.15, 0.2) is 18.2 Å². The fourth-order valence-electron chi connectivity index (χ4n) is 2.68. The van der Waals surface area contributed by atoms with Gasteiger partial charge in [0, 0.05) is 6.04 Å². The molecule has 1 aliphatic carbocycles. The Morgan fingerprint density at radius 2 is 2.20 bits per heavy atom. The van der Waals surface area contributed by atoms with Crippen LogP contribution in [-0.2, 0) is 6.42 Å². The molecule has 20 heavy (non-hydrogen) atoms. The second kappa shape index (κ2) is 6.59. The highest BCUT2D eigenvalue weighted by molar-refractivity contribution is 5.39. The first-order valence-corrected chi connectivity index (χ1v) is 7.77. The van der Waals surface area contributed by atoms with Gasteiger partial charge >= 0.3 is 0 Å². The summed E-state index contributed by atoms with van der Waals surface area (Å²) in [5.74, 6) is 0.870. The summed E-state index contributed by atoms with van der Waals surface area (Å²) < 4.78 is 5.75. The van der Waals surface area contributed by atoms with E-state index in [-0.39, 0.29) is 0 Å². The maximum Gasteiger partial charge on any atom is 0.119 e. The number of ether oxygens (including phenoxy) is 1. The molecule has 1 aromatic rings. The molecule has 1 aromatic carbocycles. The lowest BCUT2D eigenvalue weighted by molar-refractivity contribution is 0.00843. The zero-order valence-electron chi connectivity index (χ0n) is 12.9. The first-order valence-electron chi connectivity index (χ1n) is 7.77. The van der Waals surface area contributed by atoms with Crippen molar-refractivity contribution in [1.82, 2.24) is 5.32 Å². The van der Waals surface area contributed by atoms with Crippen LogP contribution in [0, 0.1) is 0 Å². The third kappa shape index (κ3) is 3.74. The van der Waals surface area contributed by atoms with E-state index in [0.29, 0.717) is 19.1 Å². The normalized spacial score (nSPS) is 21.1. The monoisotopic (exact) mass is 277 g/mol. The molecule has 2 unspecified atom stereocenters. The van der Waals surface area contributed by atoms with Crippen LogP contribution in [0.3, 0.4) is 0 Å². The molecule has 3 nitrogen and oxygen atoms in total. The van der Waals surface area contributed by atoms with Crippen molar-refractivity contribution in [1.29, 1.82) is 0 Å². The van der Waals surface area contributed by atoms with Crippen molar-refractivity contribution in [3.8, 4) is 5.75 Å². The SMILES string of the molecule is CCNC1CCCc2cc(OCC(C)(O)CC)ccc21. The Morgan fingerprint density at radius 3 is 2.90 bits per heavy atom. The molecule has 0 saturated heterocycles. The van der Waals surface area contributed by atoms with Crippen LogP contribution >= 0.6 is 0 Å². The minimum atomic E-state index is -0.748. The summed E-state index contributed by atoms with van der Waals surface area (Å²) in [6, 6.07) is 6.83. The topological polar surface area (TPSA) is 41.5 Å². The van der Waals surface area contributed by atoms with E-state index in [0.717, 1.165) is 18.7 Å². The Labute approximate surface area is 122 Å². The molecule has 2 N–H and O–H groups in total. The van der Waals surface area contributed by atoms with Crippen LogP contribution in [0.2, 0.25) is 0 Å². The zero-order chi connectivity index (χ0) is 14.6. The van der Waals surface area contributed by atoms with Crippen molar-refractivity contribution in [2.75, 3.05) is 13.2 Å². The van der Waals surface area contributed by atoms with Gasteiger partial charge in [0.05, 0.1) is 5.60 Å². The Bertz CT molecular complexity index is 443. The number of hydrogen-bond acceptors (Lipinski definition) is 3. The third-order valence-electron chi connectivity index (χ3n) is 4.19. The maximum absolute atomic E-state index is 10.00. The van der Waals surface area contributed by atoms with Crippen LogP contribution in [0.25, 0.3) is 0 Å². The largest absolute Gasteiger partial charge is 0.491 e. The van der Waals surface area contributed by atoms with Crippen molar-refractivity contribution < 1.29 is 9.84 Å². The van der Waals surface area contributed by atoms with E-state index < -0.39 is 5.60 Å². The standard InChI is InChI=1S/C17H27NO2/c1-4-17(3,19)12-20-14-9-10-15-13(11-14)7-6-8-16(15)18-5-2/h9-11,16,18-19H,4-8,12H2,1-3H3. The number of aryl methyl sites for hydroxylation is 1. The lowest BCUT2D eigenvalue weighted by atomic mass is 9.87. The number of aliphatic hydroxyl groups is 1. The summed E-state index contributed by atoms with van der Waals surface area (Å²) in [5.41, 5.74) is 2.05. The smallest absolute Gasteiger partial charge is 0.119 e. The van der Waals surface area contributed by atoms with E-state index in [4.69, 9.17) is 4.74 Å². The first kappa shape index (κ1) is 15.3. The average molecular weight is 277 g/mol. The van der Waals surface area contributed by atoms with Crippen molar-refractivity contribution in [3.63, 3.8) is 0 Å². The minimum Gasteiger partial charge on any atom is -0.491 e. The molecule has 3 heteroatoms. The minimum absolute atomic E-state index is 0.346. The van der Waals surface area contributed by atoms with Gasteiger partial charge in [0.1, 0.15) is 12.4 Å². The number of nitrogens with one attached hydrogen (secondary N) is 1. The van der Waals surface area contributed by atoms with Crippen molar-refractivity contribution >= 4 is 0 Å². The third-order valence-corrected chi connectivity index (χ3v) is 4.19. The Hall–Kier alpha value is -1.06. The maximum atomic E-state index is 10.00. The highest BCUT2D eigenvalue weighted by Crippen LogP contribution is 2.32. The van der Waals surface area contributed by atoms with Gasteiger partial charge < -0.3 is 15.2 Å². The van der Waals surface area contributed by atoms with Gasteiger partial charge in [0.2, 0.25) is 0 Å². The molecule has 1 aliphatic rings. The van der Waals surface area contributed by atoms with E-state index in [1.807, 2.05) is 19.9 Å². The summed E-state index contributed by atoms with van der Waals surface area (Å²) in [6.07, 6.45) is 4.26. The number of fused-ring (bicyclic) bond motifs is 1. The Morgan fingerprint density at radius 1 is 1.40 bits per heavy atom. The van der Waals surface area contributed by atoms with Crippen LogP contribution < -0.4 is 10.1 Å². The number of benzene rings is 1. The highest BCUT2D eigenvalue weighted by Gasteiger charge is 2.21. The molecule has 0 aliphatic heterocycles. The molecule has 2 atom stereocenters. The van der Waals surface area contributed by atoms with Gasteiger partial charge in [-0.05, 0) is 62.4 Å². The Kier molecular flexibility index (Phi) is 5.06. The van der Waals surface area contributed by atoms with Crippen molar-refractivity contribution in [3.05, 3.63) is 29.3 Å². The molecule has 0 bridgehead atoms. The van der Waals surface area contributed by atoms with Gasteiger partial charge in [0.15, 0.2) is 0 Å². The van der Waals surface area contributed by atoms with Crippen LogP contribution in [0.4, 0.5) is 0 Å². The summed E-state index contributed by atoms with van der Waals surface area (Å²) in [5, 5.41) is 13.5. The van der Waals surface area contributed by atoms with E-state index in [1.165, 1.54) is 24.0 Å². The molecule has 0 spiro atoms. The molecule has 0 saturated carbocycles. The van der Waals surface area contributed by atoms with Crippen LogP contribution in [0.1, 0.15) is 57.2 Å². The summed E-state index contributed by atoms with van der Waals surface area (Å²) in [4.78, 5) is 0. The van der Waals surface area contributed by atoms with E-state index >= 15 is 0 Å². The average Bonchev–Trinajstić information content (AvgIpc) is 2.46. The van der Waals surface area contributed by atoms with E-state index in [2.05, 4.69) is 24.4 Å². The van der Waals surface area contributed by atoms with Gasteiger partial charge in [-0.25, -0.2) is 0 Å². The Balaban J connectivity index is 2.07. The summed E-state index contributed by atoms with van der Waals surface area (Å²) in [7, 11) is 0. The molecular weight excluding hydrogens is 250 g/mol. The zero-order valence-corrected chi connectivity index (χ0v) is 12.9. The van der Waals surface area contributed by atoms with Gasteiger partial charge in [-0.15, -0.1) is 0 Å². The first-order chi connectivity index (χ1) is 9.55. The fraction of sp³-hybridized carbons (Fsp3) is 0.647. The number of hydrogen-bond donors (Lipinski definition) is 2. The van der Waals surface area contributed by atoms with E-state index in [9.17, 15) is 5.11 Å². The molecule has 0 fully saturated rings. The van der Waals surface area contributed by atoms with Crippen molar-refractivity contribution in [2.45, 2.75) is 58.1 Å². The molecule has 0 amide bonds. The summed E-state index contributed by atoms with van der Waals surface area (Å²) in [6.45, 7) is 7.28. The van der Waals surface area contributed by atoms with Gasteiger partial charge in [-0.1, -0.05) is 19.9 Å². The van der Waals surface area contributed by atoms with Crippen molar-refractivity contribution in [2.24, 2.45) is 0 Å². The lowest BCUT2D eigenvalue weighted by Crippen LogP contribution is -2.31. The van der Waals surface area contributed by atoms with Crippen LogP contribution in [0.5, 0.6) is 5.75 Å². The quantitative estimate of drug-likeness (QED) is 0.839. The second-order valence-corrected chi connectivity index (χ2v) is 6.00. The summed E-state index contributed by atoms with van der Waals surface area (Å²) >= 11 is 0. The van der Waals surface area contributed by atoms with Gasteiger partial charge in [0.25, 0.3) is 0 Å². The molecule has 0 radical (unpaired) electrons. The molecule has 0 aromatic heterocycles. The predicted molar refractivity (Wildman–Crippen MR) is 82.2 cm³/mol. The molecule has 112 valence electrons. The molecular formula is C17H27NO2. The second-order valence-electron chi connectivity index (χ2n) is 6.00. The highest BCUT2D eigenvalue weighted by atomic mass is 16.5. The molecule has 0 heterocycles. The fourth-order valence-corrected chi connectivity index (χ4v) is 2.68.